The van der Waals surface area contributed by atoms with Gasteiger partial charge < -0.3 is 9.84 Å². The molecule has 0 saturated heterocycles. The Morgan fingerprint density at radius 2 is 2.00 bits per heavy atom. The lowest BCUT2D eigenvalue weighted by Gasteiger charge is -2.10. The molecule has 0 heterocycles. The molecule has 2 aromatic carbocycles. The zero-order chi connectivity index (χ0) is 13.1. The number of rotatable bonds is 3. The van der Waals surface area contributed by atoms with Crippen LogP contribution >= 0.6 is 34.2 Å². The molecule has 2 rings (SSSR count). The zero-order valence-corrected chi connectivity index (χ0v) is 12.6. The highest BCUT2D eigenvalue weighted by Gasteiger charge is 2.07. The van der Waals surface area contributed by atoms with E-state index >= 15 is 0 Å². The van der Waals surface area contributed by atoms with Crippen LogP contribution in [0.3, 0.4) is 0 Å². The summed E-state index contributed by atoms with van der Waals surface area (Å²) in [6.07, 6.45) is -0.533. The van der Waals surface area contributed by atoms with E-state index in [9.17, 15) is 5.11 Å². The van der Waals surface area contributed by atoms with Gasteiger partial charge in [0.05, 0.1) is 11.1 Å². The van der Waals surface area contributed by atoms with Crippen LogP contribution in [0, 0.1) is 3.57 Å². The van der Waals surface area contributed by atoms with E-state index in [4.69, 9.17) is 16.3 Å². The molecule has 0 aromatic heterocycles. The van der Waals surface area contributed by atoms with Crippen LogP contribution < -0.4 is 4.74 Å². The van der Waals surface area contributed by atoms with E-state index in [1.807, 2.05) is 24.3 Å². The van der Waals surface area contributed by atoms with Gasteiger partial charge in [0, 0.05) is 3.57 Å². The molecule has 1 N–H and O–H groups in total. The predicted molar refractivity (Wildman–Crippen MR) is 81.3 cm³/mol. The molecule has 0 spiro atoms. The molecule has 0 saturated carbocycles. The lowest BCUT2D eigenvalue weighted by Crippen LogP contribution is -1.92. The Hall–Kier alpha value is -0.780. The Morgan fingerprint density at radius 3 is 2.61 bits per heavy atom. The molecule has 0 unspecified atom stereocenters. The first-order valence-corrected chi connectivity index (χ1v) is 6.93. The standard InChI is InChI=1S/C14H12ClIO2/c1-9(17)10-5-6-14(13(15)7-10)18-12-4-2-3-11(16)8-12/h2-9,17H,1H3/t9-/m1/s1. The Bertz CT molecular complexity index is 555. The first-order valence-electron chi connectivity index (χ1n) is 5.47. The van der Waals surface area contributed by atoms with Crippen molar-refractivity contribution in [1.82, 2.24) is 0 Å². The van der Waals surface area contributed by atoms with Crippen molar-refractivity contribution in [2.45, 2.75) is 13.0 Å². The summed E-state index contributed by atoms with van der Waals surface area (Å²) in [6.45, 7) is 1.70. The molecule has 4 heteroatoms. The minimum absolute atomic E-state index is 0.493. The van der Waals surface area contributed by atoms with E-state index in [1.54, 1.807) is 25.1 Å². The minimum Gasteiger partial charge on any atom is -0.456 e. The van der Waals surface area contributed by atoms with Crippen LogP contribution in [0.5, 0.6) is 11.5 Å². The van der Waals surface area contributed by atoms with Crippen molar-refractivity contribution in [2.75, 3.05) is 0 Å². The van der Waals surface area contributed by atoms with Gasteiger partial charge in [-0.2, -0.15) is 0 Å². The average Bonchev–Trinajstić information content (AvgIpc) is 2.31. The van der Waals surface area contributed by atoms with Crippen molar-refractivity contribution in [3.8, 4) is 11.5 Å². The third-order valence-corrected chi connectivity index (χ3v) is 3.43. The molecule has 0 aliphatic rings. The number of benzene rings is 2. The van der Waals surface area contributed by atoms with E-state index in [2.05, 4.69) is 22.6 Å². The fourth-order valence-corrected chi connectivity index (χ4v) is 2.26. The van der Waals surface area contributed by atoms with E-state index in [-0.39, 0.29) is 0 Å². The lowest BCUT2D eigenvalue weighted by molar-refractivity contribution is 0.199. The van der Waals surface area contributed by atoms with E-state index in [0.29, 0.717) is 10.8 Å². The third kappa shape index (κ3) is 3.37. The Kier molecular flexibility index (Phi) is 4.48. The fourth-order valence-electron chi connectivity index (χ4n) is 1.52. The SMILES string of the molecule is C[C@@H](O)c1ccc(Oc2cccc(I)c2)c(Cl)c1. The number of halogens is 2. The topological polar surface area (TPSA) is 29.5 Å². The molecule has 0 radical (unpaired) electrons. The Labute approximate surface area is 125 Å². The van der Waals surface area contributed by atoms with E-state index in [1.165, 1.54) is 0 Å². The van der Waals surface area contributed by atoms with Crippen LogP contribution in [-0.2, 0) is 0 Å². The van der Waals surface area contributed by atoms with Crippen molar-refractivity contribution < 1.29 is 9.84 Å². The molecular weight excluding hydrogens is 363 g/mol. The van der Waals surface area contributed by atoms with Gasteiger partial charge >= 0.3 is 0 Å². The first kappa shape index (κ1) is 13.6. The summed E-state index contributed by atoms with van der Waals surface area (Å²) in [5, 5.41) is 9.96. The number of ether oxygens (including phenoxy) is 1. The van der Waals surface area contributed by atoms with Crippen molar-refractivity contribution >= 4 is 34.2 Å². The highest BCUT2D eigenvalue weighted by atomic mass is 127. The van der Waals surface area contributed by atoms with Gasteiger partial charge in [0.2, 0.25) is 0 Å². The van der Waals surface area contributed by atoms with Crippen LogP contribution in [0.25, 0.3) is 0 Å². The van der Waals surface area contributed by atoms with Gasteiger partial charge in [-0.25, -0.2) is 0 Å². The summed E-state index contributed by atoms with van der Waals surface area (Å²) >= 11 is 8.35. The summed E-state index contributed by atoms with van der Waals surface area (Å²) in [5.41, 5.74) is 0.773. The van der Waals surface area contributed by atoms with Gasteiger partial charge in [0.1, 0.15) is 11.5 Å². The van der Waals surface area contributed by atoms with Gasteiger partial charge in [-0.3, -0.25) is 0 Å². The van der Waals surface area contributed by atoms with Gasteiger partial charge in [0.25, 0.3) is 0 Å². The van der Waals surface area contributed by atoms with Crippen molar-refractivity contribution in [3.05, 3.63) is 56.6 Å². The average molecular weight is 375 g/mol. The monoisotopic (exact) mass is 374 g/mol. The van der Waals surface area contributed by atoms with E-state index in [0.717, 1.165) is 14.9 Å². The summed E-state index contributed by atoms with van der Waals surface area (Å²) in [5.74, 6) is 1.33. The fraction of sp³-hybridized carbons (Fsp3) is 0.143. The molecule has 1 atom stereocenters. The second-order valence-corrected chi connectivity index (χ2v) is 5.58. The van der Waals surface area contributed by atoms with Gasteiger partial charge in [-0.1, -0.05) is 23.7 Å². The second kappa shape index (κ2) is 5.91. The number of aliphatic hydroxyl groups is 1. The number of hydrogen-bond donors (Lipinski definition) is 1. The third-order valence-electron chi connectivity index (χ3n) is 2.46. The van der Waals surface area contributed by atoms with E-state index < -0.39 is 6.10 Å². The predicted octanol–water partition coefficient (Wildman–Crippen LogP) is 4.79. The quantitative estimate of drug-likeness (QED) is 0.783. The van der Waals surface area contributed by atoms with Gasteiger partial charge in [-0.15, -0.1) is 0 Å². The van der Waals surface area contributed by atoms with Crippen LogP contribution in [0.1, 0.15) is 18.6 Å². The highest BCUT2D eigenvalue weighted by molar-refractivity contribution is 14.1. The molecule has 0 fully saturated rings. The van der Waals surface area contributed by atoms with Crippen molar-refractivity contribution in [2.24, 2.45) is 0 Å². The van der Waals surface area contributed by atoms with Gasteiger partial charge in [0.15, 0.2) is 0 Å². The summed E-state index contributed by atoms with van der Waals surface area (Å²) in [4.78, 5) is 0. The maximum absolute atomic E-state index is 9.46. The molecule has 0 bridgehead atoms. The molecule has 2 aromatic rings. The maximum atomic E-state index is 9.46. The van der Waals surface area contributed by atoms with Crippen LogP contribution in [0.15, 0.2) is 42.5 Å². The normalized spacial score (nSPS) is 12.2. The molecule has 0 aliphatic carbocycles. The number of hydrogen-bond acceptors (Lipinski definition) is 2. The van der Waals surface area contributed by atoms with Crippen molar-refractivity contribution in [1.29, 1.82) is 0 Å². The molecule has 94 valence electrons. The molecule has 0 aliphatic heterocycles. The smallest absolute Gasteiger partial charge is 0.146 e. The highest BCUT2D eigenvalue weighted by Crippen LogP contribution is 2.32. The van der Waals surface area contributed by atoms with Crippen LogP contribution in [0.2, 0.25) is 5.02 Å². The summed E-state index contributed by atoms with van der Waals surface area (Å²) < 4.78 is 6.81. The largest absolute Gasteiger partial charge is 0.456 e. The molecule has 18 heavy (non-hydrogen) atoms. The van der Waals surface area contributed by atoms with Crippen molar-refractivity contribution in [3.63, 3.8) is 0 Å². The number of aliphatic hydroxyl groups excluding tert-OH is 1. The van der Waals surface area contributed by atoms with Gasteiger partial charge in [-0.05, 0) is 65.4 Å². The maximum Gasteiger partial charge on any atom is 0.146 e. The minimum atomic E-state index is -0.533. The Morgan fingerprint density at radius 1 is 1.22 bits per heavy atom. The lowest BCUT2D eigenvalue weighted by atomic mass is 10.1. The molecule has 2 nitrogen and oxygen atoms in total. The summed E-state index contributed by atoms with van der Waals surface area (Å²) in [7, 11) is 0. The molecular formula is C14H12ClIO2. The van der Waals surface area contributed by atoms with Crippen LogP contribution in [0.4, 0.5) is 0 Å². The zero-order valence-electron chi connectivity index (χ0n) is 9.73. The first-order chi connectivity index (χ1) is 8.56. The summed E-state index contributed by atoms with van der Waals surface area (Å²) in [6, 6.07) is 13.0. The molecule has 0 amide bonds. The Balaban J connectivity index is 2.24. The van der Waals surface area contributed by atoms with Crippen LogP contribution in [-0.4, -0.2) is 5.11 Å². The second-order valence-electron chi connectivity index (χ2n) is 3.93.